The van der Waals surface area contributed by atoms with Gasteiger partial charge in [0.05, 0.1) is 12.2 Å². The highest BCUT2D eigenvalue weighted by molar-refractivity contribution is 5.94. The van der Waals surface area contributed by atoms with Gasteiger partial charge in [0.2, 0.25) is 12.1 Å². The third-order valence-electron chi connectivity index (χ3n) is 1.54. The molecule has 0 saturated heterocycles. The van der Waals surface area contributed by atoms with Crippen LogP contribution < -0.4 is 0 Å². The Balaban J connectivity index is 3.07. The van der Waals surface area contributed by atoms with Gasteiger partial charge in [0.1, 0.15) is 5.82 Å². The van der Waals surface area contributed by atoms with Gasteiger partial charge < -0.3 is 4.74 Å². The summed E-state index contributed by atoms with van der Waals surface area (Å²) in [5, 5.41) is 8.38. The van der Waals surface area contributed by atoms with Gasteiger partial charge in [0.25, 0.3) is 0 Å². The Hall–Kier alpha value is -1.89. The van der Waals surface area contributed by atoms with Crippen molar-refractivity contribution in [2.75, 3.05) is 6.61 Å². The first-order valence-corrected chi connectivity index (χ1v) is 4.14. The predicted octanol–water partition coefficient (Wildman–Crippen LogP) is 2.09. The molecule has 0 amide bonds. The van der Waals surface area contributed by atoms with Crippen molar-refractivity contribution >= 4 is 5.90 Å². The van der Waals surface area contributed by atoms with E-state index >= 15 is 0 Å². The lowest BCUT2D eigenvalue weighted by Gasteiger charge is -2.05. The molecule has 0 aromatic heterocycles. The summed E-state index contributed by atoms with van der Waals surface area (Å²) in [5.74, 6) is -0.428. The zero-order chi connectivity index (χ0) is 10.4. The van der Waals surface area contributed by atoms with Crippen molar-refractivity contribution in [3.63, 3.8) is 0 Å². The van der Waals surface area contributed by atoms with Gasteiger partial charge in [-0.15, -0.1) is 4.99 Å². The van der Waals surface area contributed by atoms with Crippen molar-refractivity contribution < 1.29 is 9.13 Å². The molecule has 0 N–H and O–H groups in total. The first-order valence-electron chi connectivity index (χ1n) is 4.14. The minimum Gasteiger partial charge on any atom is -0.477 e. The summed E-state index contributed by atoms with van der Waals surface area (Å²) in [7, 11) is 0. The second kappa shape index (κ2) is 4.97. The summed E-state index contributed by atoms with van der Waals surface area (Å²) in [6.07, 6.45) is 1.57. The van der Waals surface area contributed by atoms with E-state index in [1.54, 1.807) is 25.2 Å². The first-order chi connectivity index (χ1) is 6.79. The van der Waals surface area contributed by atoms with E-state index in [-0.39, 0.29) is 11.5 Å². The number of hydrogen-bond donors (Lipinski definition) is 0. The lowest BCUT2D eigenvalue weighted by atomic mass is 10.2. The van der Waals surface area contributed by atoms with E-state index in [1.807, 2.05) is 0 Å². The molecule has 0 aliphatic carbocycles. The minimum atomic E-state index is -0.449. The molecule has 14 heavy (non-hydrogen) atoms. The van der Waals surface area contributed by atoms with Crippen molar-refractivity contribution in [3.05, 3.63) is 35.6 Å². The highest BCUT2D eigenvalue weighted by Gasteiger charge is 2.09. The molecule has 1 rings (SSSR count). The van der Waals surface area contributed by atoms with E-state index in [2.05, 4.69) is 4.99 Å². The Kier molecular flexibility index (Phi) is 3.62. The topological polar surface area (TPSA) is 45.4 Å². The van der Waals surface area contributed by atoms with Gasteiger partial charge in [0.15, 0.2) is 0 Å². The summed E-state index contributed by atoms with van der Waals surface area (Å²) in [6, 6.07) is 6.03. The maximum Gasteiger partial charge on any atom is 0.234 e. The van der Waals surface area contributed by atoms with Crippen LogP contribution in [-0.2, 0) is 4.74 Å². The molecule has 0 fully saturated rings. The number of ether oxygens (including phenoxy) is 1. The third-order valence-corrected chi connectivity index (χ3v) is 1.54. The number of nitrogens with zero attached hydrogens (tertiary/aromatic N) is 2. The molecular formula is C10H9FN2O. The average Bonchev–Trinajstić information content (AvgIpc) is 2.18. The molecular weight excluding hydrogens is 183 g/mol. The van der Waals surface area contributed by atoms with Gasteiger partial charge in [-0.1, -0.05) is 12.1 Å². The number of benzene rings is 1. The summed E-state index contributed by atoms with van der Waals surface area (Å²) >= 11 is 0. The van der Waals surface area contributed by atoms with E-state index in [9.17, 15) is 4.39 Å². The Morgan fingerprint density at radius 3 is 2.86 bits per heavy atom. The monoisotopic (exact) mass is 192 g/mol. The van der Waals surface area contributed by atoms with Crippen LogP contribution in [0.15, 0.2) is 29.3 Å². The molecule has 0 aliphatic heterocycles. The molecule has 4 heteroatoms. The van der Waals surface area contributed by atoms with Gasteiger partial charge in [-0.05, 0) is 19.1 Å². The van der Waals surface area contributed by atoms with E-state index < -0.39 is 5.82 Å². The predicted molar refractivity (Wildman–Crippen MR) is 50.2 cm³/mol. The zero-order valence-corrected chi connectivity index (χ0v) is 7.70. The van der Waals surface area contributed by atoms with Crippen LogP contribution in [0, 0.1) is 17.3 Å². The van der Waals surface area contributed by atoms with Crippen LogP contribution in [0.5, 0.6) is 0 Å². The first kappa shape index (κ1) is 10.2. The fourth-order valence-electron chi connectivity index (χ4n) is 0.987. The summed E-state index contributed by atoms with van der Waals surface area (Å²) < 4.78 is 18.3. The van der Waals surface area contributed by atoms with Gasteiger partial charge in [-0.2, -0.15) is 5.26 Å². The number of nitriles is 1. The fourth-order valence-corrected chi connectivity index (χ4v) is 0.987. The summed E-state index contributed by atoms with van der Waals surface area (Å²) in [4.78, 5) is 3.40. The van der Waals surface area contributed by atoms with Gasteiger partial charge in [0, 0.05) is 0 Å². The van der Waals surface area contributed by atoms with Gasteiger partial charge >= 0.3 is 0 Å². The maximum atomic E-state index is 13.2. The molecule has 0 unspecified atom stereocenters. The lowest BCUT2D eigenvalue weighted by molar-refractivity contribution is 0.327. The Labute approximate surface area is 81.5 Å². The number of rotatable bonds is 2. The Morgan fingerprint density at radius 1 is 1.57 bits per heavy atom. The molecule has 0 aliphatic rings. The number of hydrogen-bond acceptors (Lipinski definition) is 3. The van der Waals surface area contributed by atoms with Crippen molar-refractivity contribution in [2.24, 2.45) is 4.99 Å². The van der Waals surface area contributed by atoms with E-state index in [1.165, 1.54) is 12.1 Å². The van der Waals surface area contributed by atoms with Gasteiger partial charge in [-0.25, -0.2) is 4.39 Å². The quantitative estimate of drug-likeness (QED) is 0.409. The van der Waals surface area contributed by atoms with E-state index in [4.69, 9.17) is 10.00 Å². The SMILES string of the molecule is CCOC(=NC#N)c1ccccc1F. The average molecular weight is 192 g/mol. The molecule has 0 spiro atoms. The summed E-state index contributed by atoms with van der Waals surface area (Å²) in [5.41, 5.74) is 0.205. The van der Waals surface area contributed by atoms with Gasteiger partial charge in [-0.3, -0.25) is 0 Å². The number of halogens is 1. The molecule has 1 aromatic carbocycles. The number of aliphatic imine (C=N–C) groups is 1. The van der Waals surface area contributed by atoms with Crippen molar-refractivity contribution in [1.29, 1.82) is 5.26 Å². The second-order valence-electron chi connectivity index (χ2n) is 2.43. The van der Waals surface area contributed by atoms with E-state index in [0.29, 0.717) is 6.61 Å². The van der Waals surface area contributed by atoms with Crippen LogP contribution >= 0.6 is 0 Å². The molecule has 1 aromatic rings. The van der Waals surface area contributed by atoms with Crippen LogP contribution in [0.25, 0.3) is 0 Å². The molecule has 0 bridgehead atoms. The molecule has 72 valence electrons. The van der Waals surface area contributed by atoms with Crippen LogP contribution in [0.2, 0.25) is 0 Å². The molecule has 3 nitrogen and oxygen atoms in total. The van der Waals surface area contributed by atoms with Crippen LogP contribution in [-0.4, -0.2) is 12.5 Å². The van der Waals surface area contributed by atoms with Crippen LogP contribution in [0.1, 0.15) is 12.5 Å². The van der Waals surface area contributed by atoms with Crippen molar-refractivity contribution in [3.8, 4) is 6.19 Å². The van der Waals surface area contributed by atoms with E-state index in [0.717, 1.165) is 0 Å². The smallest absolute Gasteiger partial charge is 0.234 e. The minimum absolute atomic E-state index is 0.0214. The molecule has 0 atom stereocenters. The Morgan fingerprint density at radius 2 is 2.29 bits per heavy atom. The largest absolute Gasteiger partial charge is 0.477 e. The zero-order valence-electron chi connectivity index (χ0n) is 7.70. The normalized spacial score (nSPS) is 10.8. The second-order valence-corrected chi connectivity index (χ2v) is 2.43. The van der Waals surface area contributed by atoms with Crippen LogP contribution in [0.4, 0.5) is 4.39 Å². The lowest BCUT2D eigenvalue weighted by Crippen LogP contribution is -2.08. The molecule has 0 heterocycles. The van der Waals surface area contributed by atoms with Crippen LogP contribution in [0.3, 0.4) is 0 Å². The van der Waals surface area contributed by atoms with Crippen molar-refractivity contribution in [1.82, 2.24) is 0 Å². The summed E-state index contributed by atoms with van der Waals surface area (Å²) in [6.45, 7) is 2.09. The third kappa shape index (κ3) is 2.30. The fraction of sp³-hybridized carbons (Fsp3) is 0.200. The highest BCUT2D eigenvalue weighted by Crippen LogP contribution is 2.08. The maximum absolute atomic E-state index is 13.2. The standard InChI is InChI=1S/C10H9FN2O/c1-2-14-10(13-7-12)8-5-3-4-6-9(8)11/h3-6H,2H2,1H3. The highest BCUT2D eigenvalue weighted by atomic mass is 19.1. The molecule has 0 radical (unpaired) electrons. The van der Waals surface area contributed by atoms with Crippen molar-refractivity contribution in [2.45, 2.75) is 6.92 Å². The molecule has 0 saturated carbocycles. The Bertz CT molecular complexity index is 382.